The van der Waals surface area contributed by atoms with Crippen LogP contribution in [-0.2, 0) is 16.3 Å². The van der Waals surface area contributed by atoms with Gasteiger partial charge >= 0.3 is 6.72 Å². The number of hydrogen-bond donors (Lipinski definition) is 0. The molecule has 0 N–H and O–H groups in total. The Hall–Kier alpha value is -1.35. The van der Waals surface area contributed by atoms with Gasteiger partial charge in [0.05, 0.1) is 6.61 Å². The quantitative estimate of drug-likeness (QED) is 0.470. The average Bonchev–Trinajstić information content (AvgIpc) is 2.51. The molecular weight excluding hydrogens is 315 g/mol. The van der Waals surface area contributed by atoms with Crippen molar-refractivity contribution >= 4 is 18.5 Å². The third-order valence-corrected chi connectivity index (χ3v) is 5.08. The molecule has 0 aliphatic carbocycles. The van der Waals surface area contributed by atoms with Crippen LogP contribution in [0.25, 0.3) is 0 Å². The zero-order valence-corrected chi connectivity index (χ0v) is 14.6. The van der Waals surface area contributed by atoms with Crippen molar-refractivity contribution in [2.75, 3.05) is 6.61 Å². The Morgan fingerprint density at radius 1 is 0.909 bits per heavy atom. The highest BCUT2D eigenvalue weighted by Gasteiger charge is 2.24. The van der Waals surface area contributed by atoms with Gasteiger partial charge in [0.25, 0.3) is 0 Å². The Kier molecular flexibility index (Phi) is 6.44. The Balaban J connectivity index is 2.13. The Labute approximate surface area is 137 Å². The number of rotatable bonds is 8. The summed E-state index contributed by atoms with van der Waals surface area (Å²) in [7, 11) is 0. The lowest BCUT2D eigenvalue weighted by atomic mass is 10.2. The molecule has 0 amide bonds. The van der Waals surface area contributed by atoms with Gasteiger partial charge in [-0.15, -0.1) is 0 Å². The van der Waals surface area contributed by atoms with Crippen molar-refractivity contribution in [3.05, 3.63) is 60.2 Å². The first kappa shape index (κ1) is 17.0. The van der Waals surface area contributed by atoms with Gasteiger partial charge < -0.3 is 9.05 Å². The molecule has 0 aromatic heterocycles. The first-order chi connectivity index (χ1) is 10.6. The van der Waals surface area contributed by atoms with Crippen molar-refractivity contribution in [3.63, 3.8) is 0 Å². The third kappa shape index (κ3) is 5.45. The molecular formula is C17H21O3PS. The van der Waals surface area contributed by atoms with Crippen LogP contribution in [0.3, 0.4) is 0 Å². The van der Waals surface area contributed by atoms with Gasteiger partial charge in [-0.25, -0.2) is 0 Å². The third-order valence-electron chi connectivity index (χ3n) is 2.95. The molecule has 0 aliphatic heterocycles. The van der Waals surface area contributed by atoms with Crippen LogP contribution in [-0.4, -0.2) is 6.61 Å². The SMILES string of the molecule is CCCCOP(=S)(Oc1ccccc1)Oc1ccc(C)cc1. The molecule has 0 heterocycles. The lowest BCUT2D eigenvalue weighted by Gasteiger charge is -2.22. The molecule has 1 atom stereocenters. The van der Waals surface area contributed by atoms with Crippen LogP contribution in [0.1, 0.15) is 25.3 Å². The van der Waals surface area contributed by atoms with E-state index in [-0.39, 0.29) is 0 Å². The van der Waals surface area contributed by atoms with E-state index < -0.39 is 6.72 Å². The molecule has 0 radical (unpaired) electrons. The monoisotopic (exact) mass is 336 g/mol. The summed E-state index contributed by atoms with van der Waals surface area (Å²) in [6.45, 7) is 1.79. The molecule has 0 saturated carbocycles. The number of aryl methyl sites for hydroxylation is 1. The molecule has 0 spiro atoms. The van der Waals surface area contributed by atoms with Gasteiger partial charge in [0, 0.05) is 11.8 Å². The number of para-hydroxylation sites is 1. The highest BCUT2D eigenvalue weighted by molar-refractivity contribution is 8.07. The standard InChI is InChI=1S/C17H21O3PS/c1-3-4-14-18-21(22,19-16-8-6-5-7-9-16)20-17-12-10-15(2)11-13-17/h5-13H,3-4,14H2,1-2H3. The summed E-state index contributed by atoms with van der Waals surface area (Å²) < 4.78 is 17.5. The van der Waals surface area contributed by atoms with E-state index in [0.717, 1.165) is 18.4 Å². The summed E-state index contributed by atoms with van der Waals surface area (Å²) in [5.41, 5.74) is 1.16. The Morgan fingerprint density at radius 2 is 1.50 bits per heavy atom. The van der Waals surface area contributed by atoms with Crippen LogP contribution in [0, 0.1) is 6.92 Å². The summed E-state index contributed by atoms with van der Waals surface area (Å²) in [5, 5.41) is 0. The predicted molar refractivity (Wildman–Crippen MR) is 94.0 cm³/mol. The minimum Gasteiger partial charge on any atom is -0.416 e. The second kappa shape index (κ2) is 8.33. The summed E-state index contributed by atoms with van der Waals surface area (Å²) in [6.07, 6.45) is 1.96. The molecule has 0 bridgehead atoms. The van der Waals surface area contributed by atoms with Gasteiger partial charge in [-0.1, -0.05) is 49.2 Å². The summed E-state index contributed by atoms with van der Waals surface area (Å²) in [5.74, 6) is 1.33. The van der Waals surface area contributed by atoms with E-state index in [4.69, 9.17) is 25.4 Å². The first-order valence-electron chi connectivity index (χ1n) is 7.37. The van der Waals surface area contributed by atoms with Gasteiger partial charge in [0.1, 0.15) is 11.5 Å². The lowest BCUT2D eigenvalue weighted by molar-refractivity contribution is 0.258. The van der Waals surface area contributed by atoms with E-state index in [1.165, 1.54) is 0 Å². The van der Waals surface area contributed by atoms with E-state index in [0.29, 0.717) is 18.1 Å². The minimum absolute atomic E-state index is 0.534. The molecule has 3 nitrogen and oxygen atoms in total. The maximum Gasteiger partial charge on any atom is 0.434 e. The van der Waals surface area contributed by atoms with E-state index in [2.05, 4.69) is 6.92 Å². The average molecular weight is 336 g/mol. The summed E-state index contributed by atoms with van der Waals surface area (Å²) >= 11 is 5.56. The van der Waals surface area contributed by atoms with Gasteiger partial charge in [-0.2, -0.15) is 0 Å². The second-order valence-corrected chi connectivity index (χ2v) is 7.80. The number of benzene rings is 2. The van der Waals surface area contributed by atoms with Crippen molar-refractivity contribution in [2.24, 2.45) is 0 Å². The number of unbranched alkanes of at least 4 members (excludes halogenated alkanes) is 1. The van der Waals surface area contributed by atoms with Crippen LogP contribution in [0.15, 0.2) is 54.6 Å². The molecule has 22 heavy (non-hydrogen) atoms. The molecule has 0 saturated heterocycles. The highest BCUT2D eigenvalue weighted by Crippen LogP contribution is 2.50. The maximum atomic E-state index is 5.89. The Morgan fingerprint density at radius 3 is 2.09 bits per heavy atom. The second-order valence-electron chi connectivity index (χ2n) is 4.94. The molecule has 2 aromatic rings. The molecule has 118 valence electrons. The highest BCUT2D eigenvalue weighted by atomic mass is 32.5. The molecule has 2 rings (SSSR count). The van der Waals surface area contributed by atoms with Gasteiger partial charge in [0.2, 0.25) is 0 Å². The summed E-state index contributed by atoms with van der Waals surface area (Å²) in [6, 6.07) is 17.1. The molecule has 5 heteroatoms. The van der Waals surface area contributed by atoms with Gasteiger partial charge in [0.15, 0.2) is 0 Å². The van der Waals surface area contributed by atoms with Crippen molar-refractivity contribution in [1.82, 2.24) is 0 Å². The van der Waals surface area contributed by atoms with Crippen LogP contribution in [0.5, 0.6) is 11.5 Å². The molecule has 1 unspecified atom stereocenters. The van der Waals surface area contributed by atoms with Crippen LogP contribution in [0.2, 0.25) is 0 Å². The van der Waals surface area contributed by atoms with Crippen molar-refractivity contribution in [2.45, 2.75) is 26.7 Å². The van der Waals surface area contributed by atoms with E-state index in [1.54, 1.807) is 0 Å². The number of hydrogen-bond acceptors (Lipinski definition) is 4. The van der Waals surface area contributed by atoms with Crippen molar-refractivity contribution < 1.29 is 13.6 Å². The zero-order valence-electron chi connectivity index (χ0n) is 12.9. The fourth-order valence-electron chi connectivity index (χ4n) is 1.73. The fraction of sp³-hybridized carbons (Fsp3) is 0.294. The molecule has 0 fully saturated rings. The van der Waals surface area contributed by atoms with Crippen molar-refractivity contribution in [3.8, 4) is 11.5 Å². The topological polar surface area (TPSA) is 27.7 Å². The largest absolute Gasteiger partial charge is 0.434 e. The fourth-order valence-corrected chi connectivity index (χ4v) is 3.73. The molecule has 0 aliphatic rings. The Bertz CT molecular complexity index is 614. The minimum atomic E-state index is -2.87. The van der Waals surface area contributed by atoms with Crippen molar-refractivity contribution in [1.29, 1.82) is 0 Å². The van der Waals surface area contributed by atoms with Crippen LogP contribution < -0.4 is 9.05 Å². The van der Waals surface area contributed by atoms with Gasteiger partial charge in [-0.3, -0.25) is 4.52 Å². The summed E-state index contributed by atoms with van der Waals surface area (Å²) in [4.78, 5) is 0. The van der Waals surface area contributed by atoms with E-state index >= 15 is 0 Å². The lowest BCUT2D eigenvalue weighted by Crippen LogP contribution is -2.05. The van der Waals surface area contributed by atoms with Gasteiger partial charge in [-0.05, 0) is 37.6 Å². The normalized spacial score (nSPS) is 13.4. The maximum absolute atomic E-state index is 5.89. The zero-order chi connectivity index (χ0) is 15.8. The van der Waals surface area contributed by atoms with E-state index in [1.807, 2.05) is 61.5 Å². The smallest absolute Gasteiger partial charge is 0.416 e. The van der Waals surface area contributed by atoms with Crippen LogP contribution in [0.4, 0.5) is 0 Å². The van der Waals surface area contributed by atoms with Crippen LogP contribution >= 0.6 is 6.72 Å². The molecule has 2 aromatic carbocycles. The predicted octanol–water partition coefficient (Wildman–Crippen LogP) is 5.49. The first-order valence-corrected chi connectivity index (χ1v) is 9.92. The van der Waals surface area contributed by atoms with E-state index in [9.17, 15) is 0 Å².